The molecule has 0 unspecified atom stereocenters. The van der Waals surface area contributed by atoms with Crippen LogP contribution in [0.4, 0.5) is 5.82 Å². The Bertz CT molecular complexity index is 1400. The fourth-order valence-electron chi connectivity index (χ4n) is 7.81. The largest absolute Gasteiger partial charge is 0.496 e. The molecule has 4 saturated carbocycles. The van der Waals surface area contributed by atoms with Crippen molar-refractivity contribution in [3.8, 4) is 16.9 Å². The van der Waals surface area contributed by atoms with Crippen molar-refractivity contribution >= 4 is 11.7 Å². The number of ether oxygens (including phenoxy) is 1. The minimum atomic E-state index is -0.286. The second kappa shape index (κ2) is 11.5. The normalized spacial score (nSPS) is 27.3. The van der Waals surface area contributed by atoms with Crippen molar-refractivity contribution in [2.24, 2.45) is 11.3 Å². The molecule has 224 valence electrons. The second-order valence-electron chi connectivity index (χ2n) is 13.6. The highest BCUT2D eigenvalue weighted by molar-refractivity contribution is 5.95. The lowest BCUT2D eigenvalue weighted by molar-refractivity contribution is -0.124. The average Bonchev–Trinajstić information content (AvgIpc) is 3.52. The number of rotatable bonds is 8. The standard InChI is InChI=1S/C35H46N4O3/c1-24(2)39-22-28(21-37-39)27-11-18-36-32(20-27)38(33(41)26-5-8-30(40)9-6-26)23-34-12-15-35(16-13-34,17-14-34)29-7-10-31(42-4)25(3)19-29/h7,10-11,18-22,24,26,30,40H,5-6,8-9,12-17,23H2,1-4H3. The van der Waals surface area contributed by atoms with Crippen LogP contribution in [0.1, 0.15) is 95.2 Å². The van der Waals surface area contributed by atoms with Crippen molar-refractivity contribution < 1.29 is 14.6 Å². The number of nitrogens with zero attached hydrogens (tertiary/aromatic N) is 4. The molecule has 7 heteroatoms. The van der Waals surface area contributed by atoms with E-state index in [1.165, 1.54) is 11.1 Å². The molecular weight excluding hydrogens is 524 g/mol. The van der Waals surface area contributed by atoms with Gasteiger partial charge in [-0.3, -0.25) is 14.4 Å². The molecule has 0 spiro atoms. The van der Waals surface area contributed by atoms with Crippen molar-refractivity contribution in [1.82, 2.24) is 14.8 Å². The summed E-state index contributed by atoms with van der Waals surface area (Å²) in [5.41, 5.74) is 5.04. The summed E-state index contributed by atoms with van der Waals surface area (Å²) in [5.74, 6) is 1.80. The van der Waals surface area contributed by atoms with Crippen LogP contribution in [0, 0.1) is 18.3 Å². The zero-order chi connectivity index (χ0) is 29.5. The smallest absolute Gasteiger partial charge is 0.231 e. The first kappa shape index (κ1) is 28.9. The molecule has 2 aromatic heterocycles. The fraction of sp³-hybridized carbons (Fsp3) is 0.571. The molecule has 4 aliphatic carbocycles. The lowest BCUT2D eigenvalue weighted by atomic mass is 9.51. The molecule has 7 rings (SSSR count). The number of aliphatic hydroxyl groups is 1. The van der Waals surface area contributed by atoms with Crippen LogP contribution >= 0.6 is 0 Å². The predicted molar refractivity (Wildman–Crippen MR) is 166 cm³/mol. The van der Waals surface area contributed by atoms with Crippen LogP contribution in [0.2, 0.25) is 0 Å². The first-order valence-electron chi connectivity index (χ1n) is 15.9. The maximum atomic E-state index is 14.2. The van der Waals surface area contributed by atoms with Gasteiger partial charge in [0.15, 0.2) is 0 Å². The number of pyridine rings is 1. The Labute approximate surface area is 250 Å². The number of aromatic nitrogens is 3. The average molecular weight is 571 g/mol. The van der Waals surface area contributed by atoms with Crippen LogP contribution < -0.4 is 9.64 Å². The fourth-order valence-corrected chi connectivity index (χ4v) is 7.81. The molecule has 1 aromatic carbocycles. The number of hydrogen-bond donors (Lipinski definition) is 1. The molecule has 2 bridgehead atoms. The summed E-state index contributed by atoms with van der Waals surface area (Å²) in [6.07, 6.45) is 15.2. The molecule has 42 heavy (non-hydrogen) atoms. The van der Waals surface area contributed by atoms with Gasteiger partial charge in [-0.2, -0.15) is 5.10 Å². The monoisotopic (exact) mass is 570 g/mol. The van der Waals surface area contributed by atoms with E-state index in [4.69, 9.17) is 9.72 Å². The SMILES string of the molecule is COc1ccc(C23CCC(CN(C(=O)C4CCC(O)CC4)c4cc(-c5cnn(C(C)C)c5)ccn4)(CC2)CC3)cc1C. The van der Waals surface area contributed by atoms with Gasteiger partial charge in [-0.05, 0) is 131 Å². The van der Waals surface area contributed by atoms with Gasteiger partial charge in [0, 0.05) is 36.5 Å². The minimum absolute atomic E-state index is 0.0625. The maximum Gasteiger partial charge on any atom is 0.231 e. The Kier molecular flexibility index (Phi) is 7.90. The van der Waals surface area contributed by atoms with E-state index in [1.54, 1.807) is 7.11 Å². The first-order chi connectivity index (χ1) is 20.2. The van der Waals surface area contributed by atoms with Gasteiger partial charge in [-0.25, -0.2) is 4.98 Å². The van der Waals surface area contributed by atoms with Gasteiger partial charge in [0.1, 0.15) is 11.6 Å². The van der Waals surface area contributed by atoms with E-state index in [0.717, 1.165) is 74.1 Å². The topological polar surface area (TPSA) is 80.5 Å². The third-order valence-electron chi connectivity index (χ3n) is 10.7. The molecule has 4 fully saturated rings. The lowest BCUT2D eigenvalue weighted by Gasteiger charge is -2.55. The zero-order valence-electron chi connectivity index (χ0n) is 25.7. The molecular formula is C35H46N4O3. The van der Waals surface area contributed by atoms with E-state index < -0.39 is 0 Å². The van der Waals surface area contributed by atoms with Crippen molar-refractivity contribution in [1.29, 1.82) is 0 Å². The molecule has 1 N–H and O–H groups in total. The summed E-state index contributed by atoms with van der Waals surface area (Å²) in [7, 11) is 1.74. The highest BCUT2D eigenvalue weighted by Crippen LogP contribution is 2.58. The summed E-state index contributed by atoms with van der Waals surface area (Å²) in [6.45, 7) is 7.09. The summed E-state index contributed by atoms with van der Waals surface area (Å²) >= 11 is 0. The summed E-state index contributed by atoms with van der Waals surface area (Å²) in [4.78, 5) is 21.1. The van der Waals surface area contributed by atoms with Crippen LogP contribution in [-0.4, -0.2) is 45.5 Å². The number of aliphatic hydroxyl groups excluding tert-OH is 1. The van der Waals surface area contributed by atoms with Crippen molar-refractivity contribution in [3.05, 3.63) is 60.0 Å². The van der Waals surface area contributed by atoms with Gasteiger partial charge in [-0.15, -0.1) is 0 Å². The molecule has 0 aliphatic heterocycles. The summed E-state index contributed by atoms with van der Waals surface area (Å²) in [5, 5.41) is 14.7. The Morgan fingerprint density at radius 2 is 1.76 bits per heavy atom. The molecule has 0 atom stereocenters. The van der Waals surface area contributed by atoms with Crippen LogP contribution in [0.3, 0.4) is 0 Å². The van der Waals surface area contributed by atoms with Gasteiger partial charge in [0.05, 0.1) is 19.4 Å². The number of aryl methyl sites for hydroxylation is 1. The van der Waals surface area contributed by atoms with Gasteiger partial charge >= 0.3 is 0 Å². The molecule has 0 saturated heterocycles. The minimum Gasteiger partial charge on any atom is -0.496 e. The Morgan fingerprint density at radius 1 is 1.05 bits per heavy atom. The zero-order valence-corrected chi connectivity index (χ0v) is 25.7. The molecule has 1 amide bonds. The lowest BCUT2D eigenvalue weighted by Crippen LogP contribution is -2.52. The molecule has 3 aromatic rings. The first-order valence-corrected chi connectivity index (χ1v) is 15.9. The summed E-state index contributed by atoms with van der Waals surface area (Å²) < 4.78 is 7.49. The molecule has 7 nitrogen and oxygen atoms in total. The second-order valence-corrected chi connectivity index (χ2v) is 13.6. The van der Waals surface area contributed by atoms with Gasteiger partial charge < -0.3 is 9.84 Å². The number of methoxy groups -OCH3 is 1. The van der Waals surface area contributed by atoms with Crippen LogP contribution in [0.5, 0.6) is 5.75 Å². The number of fused-ring (bicyclic) bond motifs is 3. The van der Waals surface area contributed by atoms with E-state index in [2.05, 4.69) is 56.3 Å². The van der Waals surface area contributed by atoms with E-state index in [9.17, 15) is 9.90 Å². The van der Waals surface area contributed by atoms with E-state index >= 15 is 0 Å². The number of carbonyl (C=O) groups is 1. The molecule has 4 aliphatic rings. The van der Waals surface area contributed by atoms with Gasteiger partial charge in [0.25, 0.3) is 0 Å². The van der Waals surface area contributed by atoms with Gasteiger partial charge in [-0.1, -0.05) is 12.1 Å². The van der Waals surface area contributed by atoms with Crippen molar-refractivity contribution in [2.45, 2.75) is 103 Å². The van der Waals surface area contributed by atoms with Gasteiger partial charge in [0.2, 0.25) is 5.91 Å². The van der Waals surface area contributed by atoms with E-state index in [1.807, 2.05) is 28.0 Å². The number of amides is 1. The van der Waals surface area contributed by atoms with Crippen molar-refractivity contribution in [3.63, 3.8) is 0 Å². The van der Waals surface area contributed by atoms with Crippen LogP contribution in [-0.2, 0) is 10.2 Å². The van der Waals surface area contributed by atoms with Crippen molar-refractivity contribution in [2.75, 3.05) is 18.6 Å². The molecule has 0 radical (unpaired) electrons. The van der Waals surface area contributed by atoms with Crippen LogP contribution in [0.15, 0.2) is 48.9 Å². The number of benzene rings is 1. The Balaban J connectivity index is 1.27. The molecule has 2 heterocycles. The predicted octanol–water partition coefficient (Wildman–Crippen LogP) is 7.02. The Morgan fingerprint density at radius 3 is 2.38 bits per heavy atom. The quantitative estimate of drug-likeness (QED) is 0.315. The number of anilines is 1. The summed E-state index contributed by atoms with van der Waals surface area (Å²) in [6, 6.07) is 11.1. The third-order valence-corrected chi connectivity index (χ3v) is 10.7. The highest BCUT2D eigenvalue weighted by Gasteiger charge is 2.50. The van der Waals surface area contributed by atoms with Crippen LogP contribution in [0.25, 0.3) is 11.1 Å². The number of carbonyl (C=O) groups excluding carboxylic acids is 1. The third kappa shape index (κ3) is 5.48. The maximum absolute atomic E-state index is 14.2. The van der Waals surface area contributed by atoms with E-state index in [0.29, 0.717) is 19.4 Å². The highest BCUT2D eigenvalue weighted by atomic mass is 16.5. The van der Waals surface area contributed by atoms with E-state index in [-0.39, 0.29) is 34.8 Å². The Hall–Kier alpha value is -3.19. The number of hydrogen-bond acceptors (Lipinski definition) is 5.